The summed E-state index contributed by atoms with van der Waals surface area (Å²) in [6, 6.07) is 1.33. The summed E-state index contributed by atoms with van der Waals surface area (Å²) < 4.78 is 2.35. The summed E-state index contributed by atoms with van der Waals surface area (Å²) in [5.41, 5.74) is -0.707. The number of aromatic nitrogens is 2. The van der Waals surface area contributed by atoms with E-state index in [4.69, 9.17) is 5.14 Å². The molecule has 0 aliphatic heterocycles. The first-order chi connectivity index (χ1) is 5.57. The maximum atomic E-state index is 11.2. The molecule has 0 amide bonds. The van der Waals surface area contributed by atoms with Gasteiger partial charge < -0.3 is 0 Å². The molecule has 0 saturated carbocycles. The molecule has 0 bridgehead atoms. The van der Waals surface area contributed by atoms with Gasteiger partial charge in [-0.05, 0) is 11.9 Å². The van der Waals surface area contributed by atoms with Gasteiger partial charge in [-0.1, -0.05) is 0 Å². The fourth-order valence-electron chi connectivity index (χ4n) is 0.826. The standard InChI is InChI=1S/C6H9N3O2S.Zn/c1-8-4(10)3-5(12-7)9(2)6(8)11;/h3H,7H2,1-2H3;. The number of nitrogens with zero attached hydrogens (tertiary/aromatic N) is 2. The van der Waals surface area contributed by atoms with Crippen LogP contribution >= 0.6 is 11.9 Å². The van der Waals surface area contributed by atoms with Crippen LogP contribution in [0.5, 0.6) is 0 Å². The van der Waals surface area contributed by atoms with E-state index >= 15 is 0 Å². The van der Waals surface area contributed by atoms with Gasteiger partial charge in [0.15, 0.2) is 0 Å². The monoisotopic (exact) mass is 251 g/mol. The van der Waals surface area contributed by atoms with Gasteiger partial charge in [0, 0.05) is 39.6 Å². The second-order valence-electron chi connectivity index (χ2n) is 2.34. The predicted molar refractivity (Wildman–Crippen MR) is 47.0 cm³/mol. The predicted octanol–water partition coefficient (Wildman–Crippen LogP) is -0.953. The van der Waals surface area contributed by atoms with Crippen LogP contribution in [0.1, 0.15) is 0 Å². The number of rotatable bonds is 1. The minimum atomic E-state index is -0.365. The molecule has 0 aliphatic rings. The van der Waals surface area contributed by atoms with E-state index in [0.717, 1.165) is 16.5 Å². The fourth-order valence-corrected chi connectivity index (χ4v) is 1.23. The Morgan fingerprint density at radius 3 is 2.31 bits per heavy atom. The first kappa shape index (κ1) is 12.6. The molecule has 7 heteroatoms. The molecule has 0 aromatic carbocycles. The Balaban J connectivity index is 0.00000144. The maximum Gasteiger partial charge on any atom is 0.331 e. The summed E-state index contributed by atoms with van der Waals surface area (Å²) in [6.45, 7) is 0. The Kier molecular flexibility index (Phi) is 4.60. The largest absolute Gasteiger partial charge is 0.331 e. The molecule has 0 aliphatic carbocycles. The van der Waals surface area contributed by atoms with Gasteiger partial charge in [-0.3, -0.25) is 19.1 Å². The molecule has 2 N–H and O–H groups in total. The fraction of sp³-hybridized carbons (Fsp3) is 0.333. The van der Waals surface area contributed by atoms with Crippen LogP contribution in [-0.4, -0.2) is 9.13 Å². The molecule has 0 saturated heterocycles. The van der Waals surface area contributed by atoms with Crippen molar-refractivity contribution in [3.63, 3.8) is 0 Å². The minimum Gasteiger partial charge on any atom is -0.290 e. The SMILES string of the molecule is Cn1c(SN)cc(=O)n(C)c1=O.[Zn]. The summed E-state index contributed by atoms with van der Waals surface area (Å²) in [4.78, 5) is 22.3. The normalized spacial score (nSPS) is 9.46. The van der Waals surface area contributed by atoms with Crippen LogP contribution in [0.2, 0.25) is 0 Å². The van der Waals surface area contributed by atoms with Gasteiger partial charge in [-0.25, -0.2) is 4.79 Å². The van der Waals surface area contributed by atoms with E-state index in [1.807, 2.05) is 0 Å². The van der Waals surface area contributed by atoms with Gasteiger partial charge in [-0.2, -0.15) is 0 Å². The van der Waals surface area contributed by atoms with E-state index in [-0.39, 0.29) is 30.7 Å². The topological polar surface area (TPSA) is 70.0 Å². The summed E-state index contributed by atoms with van der Waals surface area (Å²) in [6.07, 6.45) is 0. The third-order valence-electron chi connectivity index (χ3n) is 1.60. The average molecular weight is 253 g/mol. The Morgan fingerprint density at radius 1 is 1.31 bits per heavy atom. The van der Waals surface area contributed by atoms with Gasteiger partial charge in [0.25, 0.3) is 5.56 Å². The van der Waals surface area contributed by atoms with Gasteiger partial charge in [0.1, 0.15) is 0 Å². The molecule has 1 heterocycles. The van der Waals surface area contributed by atoms with Gasteiger partial charge >= 0.3 is 5.69 Å². The smallest absolute Gasteiger partial charge is 0.290 e. The van der Waals surface area contributed by atoms with Crippen molar-refractivity contribution in [1.29, 1.82) is 0 Å². The molecule has 0 radical (unpaired) electrons. The summed E-state index contributed by atoms with van der Waals surface area (Å²) in [5.74, 6) is 0. The molecule has 68 valence electrons. The first-order valence-corrected chi connectivity index (χ1v) is 4.09. The molecule has 5 nitrogen and oxygen atoms in total. The van der Waals surface area contributed by atoms with Crippen LogP contribution in [0.15, 0.2) is 20.7 Å². The van der Waals surface area contributed by atoms with Crippen molar-refractivity contribution in [2.24, 2.45) is 19.2 Å². The van der Waals surface area contributed by atoms with Crippen LogP contribution in [-0.2, 0) is 33.6 Å². The zero-order valence-electron chi connectivity index (χ0n) is 7.48. The molecular weight excluding hydrogens is 244 g/mol. The van der Waals surface area contributed by atoms with Crippen molar-refractivity contribution in [3.05, 3.63) is 26.9 Å². The third-order valence-corrected chi connectivity index (χ3v) is 2.24. The molecule has 0 atom stereocenters. The second-order valence-corrected chi connectivity index (χ2v) is 2.99. The van der Waals surface area contributed by atoms with Crippen LogP contribution in [0.4, 0.5) is 0 Å². The number of nitrogens with two attached hydrogens (primary N) is 1. The number of hydrogen-bond acceptors (Lipinski definition) is 4. The first-order valence-electron chi connectivity index (χ1n) is 3.21. The molecule has 0 fully saturated rings. The van der Waals surface area contributed by atoms with Gasteiger partial charge in [-0.15, -0.1) is 0 Å². The molecule has 13 heavy (non-hydrogen) atoms. The van der Waals surface area contributed by atoms with Crippen LogP contribution < -0.4 is 16.4 Å². The van der Waals surface area contributed by atoms with Crippen LogP contribution in [0, 0.1) is 0 Å². The Morgan fingerprint density at radius 2 is 1.85 bits per heavy atom. The minimum absolute atomic E-state index is 0. The molecule has 0 unspecified atom stereocenters. The van der Waals surface area contributed by atoms with Crippen molar-refractivity contribution in [2.45, 2.75) is 5.03 Å². The Hall–Kier alpha value is -0.387. The van der Waals surface area contributed by atoms with E-state index in [0.29, 0.717) is 5.03 Å². The van der Waals surface area contributed by atoms with Crippen molar-refractivity contribution >= 4 is 11.9 Å². The van der Waals surface area contributed by atoms with E-state index in [2.05, 4.69) is 0 Å². The second kappa shape index (κ2) is 4.74. The molecule has 1 aromatic rings. The third kappa shape index (κ3) is 2.30. The van der Waals surface area contributed by atoms with E-state index in [9.17, 15) is 9.59 Å². The molecule has 0 spiro atoms. The quantitative estimate of drug-likeness (QED) is 0.397. The summed E-state index contributed by atoms with van der Waals surface area (Å²) in [5, 5.41) is 5.71. The van der Waals surface area contributed by atoms with E-state index < -0.39 is 0 Å². The zero-order chi connectivity index (χ0) is 9.30. The summed E-state index contributed by atoms with van der Waals surface area (Å²) >= 11 is 0.882. The van der Waals surface area contributed by atoms with Crippen LogP contribution in [0.25, 0.3) is 0 Å². The van der Waals surface area contributed by atoms with Crippen molar-refractivity contribution in [1.82, 2.24) is 9.13 Å². The summed E-state index contributed by atoms with van der Waals surface area (Å²) in [7, 11) is 2.99. The average Bonchev–Trinajstić information content (AvgIpc) is 2.08. The molecular formula is C6H9N3O2SZn. The van der Waals surface area contributed by atoms with Gasteiger partial charge in [0.05, 0.1) is 5.03 Å². The number of hydrogen-bond donors (Lipinski definition) is 1. The Labute approximate surface area is 91.8 Å². The van der Waals surface area contributed by atoms with E-state index in [1.165, 1.54) is 17.7 Å². The van der Waals surface area contributed by atoms with Crippen molar-refractivity contribution in [3.8, 4) is 0 Å². The Bertz CT molecular complexity index is 411. The van der Waals surface area contributed by atoms with E-state index in [1.54, 1.807) is 7.05 Å². The van der Waals surface area contributed by atoms with Crippen LogP contribution in [0.3, 0.4) is 0 Å². The molecule has 1 rings (SSSR count). The van der Waals surface area contributed by atoms with Crippen molar-refractivity contribution in [2.75, 3.05) is 0 Å². The van der Waals surface area contributed by atoms with Crippen molar-refractivity contribution < 1.29 is 19.5 Å². The molecule has 1 aromatic heterocycles. The van der Waals surface area contributed by atoms with Gasteiger partial charge in [0.2, 0.25) is 0 Å². The maximum absolute atomic E-state index is 11.2. The zero-order valence-corrected chi connectivity index (χ0v) is 11.3.